The van der Waals surface area contributed by atoms with E-state index in [1.807, 2.05) is 0 Å². The Kier molecular flexibility index (Phi) is 0.830. The summed E-state index contributed by atoms with van der Waals surface area (Å²) in [6.07, 6.45) is 0. The second-order valence-corrected chi connectivity index (χ2v) is 2.46. The molecule has 5 heavy (non-hydrogen) atoms. The van der Waals surface area contributed by atoms with Crippen LogP contribution in [0.5, 0.6) is 0 Å². The van der Waals surface area contributed by atoms with E-state index in [2.05, 4.69) is 0 Å². The van der Waals surface area contributed by atoms with Crippen LogP contribution in [0.3, 0.4) is 0 Å². The summed E-state index contributed by atoms with van der Waals surface area (Å²) in [7, 11) is 0. The van der Waals surface area contributed by atoms with E-state index >= 15 is 0 Å². The molecule has 1 fully saturated rings. The summed E-state index contributed by atoms with van der Waals surface area (Å²) in [4.78, 5) is 0. The van der Waals surface area contributed by atoms with Crippen molar-refractivity contribution in [2.75, 3.05) is 12.4 Å². The standard InChI is InChI=1S/C3H5OS/c4-1-3-2-5-3/h3H,1-2H2. The smallest absolute Gasteiger partial charge is 0.0948 e. The predicted octanol–water partition coefficient (Wildman–Crippen LogP) is 0.532. The van der Waals surface area contributed by atoms with Gasteiger partial charge in [-0.2, -0.15) is 11.8 Å². The molecule has 0 aromatic carbocycles. The highest BCUT2D eigenvalue weighted by Gasteiger charge is 2.20. The fourth-order valence-corrected chi connectivity index (χ4v) is 0.493. The van der Waals surface area contributed by atoms with Crippen LogP contribution < -0.4 is 0 Å². The molecule has 0 aromatic rings. The third kappa shape index (κ3) is 0.816. The molecule has 0 saturated carbocycles. The number of hydrogen-bond donors (Lipinski definition) is 0. The van der Waals surface area contributed by atoms with Crippen LogP contribution >= 0.6 is 11.8 Å². The normalized spacial score (nSPS) is 34.2. The van der Waals surface area contributed by atoms with Crippen molar-refractivity contribution in [2.45, 2.75) is 5.25 Å². The molecule has 1 radical (unpaired) electrons. The van der Waals surface area contributed by atoms with Gasteiger partial charge in [0.15, 0.2) is 0 Å². The lowest BCUT2D eigenvalue weighted by atomic mass is 10.5. The molecular weight excluding hydrogens is 84.1 g/mol. The van der Waals surface area contributed by atoms with Crippen LogP contribution in [-0.2, 0) is 5.11 Å². The van der Waals surface area contributed by atoms with Crippen molar-refractivity contribution in [3.8, 4) is 0 Å². The molecule has 0 aromatic heterocycles. The van der Waals surface area contributed by atoms with Crippen LogP contribution in [-0.4, -0.2) is 17.6 Å². The van der Waals surface area contributed by atoms with Gasteiger partial charge in [0.05, 0.1) is 6.61 Å². The Morgan fingerprint density at radius 1 is 2.00 bits per heavy atom. The summed E-state index contributed by atoms with van der Waals surface area (Å²) in [6.45, 7) is 0.130. The molecule has 0 amide bonds. The van der Waals surface area contributed by atoms with Gasteiger partial charge in [-0.1, -0.05) is 0 Å². The third-order valence-electron chi connectivity index (χ3n) is 0.588. The topological polar surface area (TPSA) is 19.9 Å². The van der Waals surface area contributed by atoms with Crippen LogP contribution in [0.1, 0.15) is 0 Å². The van der Waals surface area contributed by atoms with Gasteiger partial charge >= 0.3 is 0 Å². The van der Waals surface area contributed by atoms with E-state index in [0.717, 1.165) is 5.75 Å². The molecule has 2 heteroatoms. The van der Waals surface area contributed by atoms with E-state index in [1.54, 1.807) is 11.8 Å². The Hall–Kier alpha value is 0.310. The lowest BCUT2D eigenvalue weighted by molar-refractivity contribution is 0.204. The van der Waals surface area contributed by atoms with Gasteiger partial charge in [-0.15, -0.1) is 0 Å². The zero-order chi connectivity index (χ0) is 3.70. The van der Waals surface area contributed by atoms with Gasteiger partial charge in [0.25, 0.3) is 0 Å². The molecule has 1 nitrogen and oxygen atoms in total. The molecule has 1 saturated heterocycles. The van der Waals surface area contributed by atoms with E-state index in [0.29, 0.717) is 5.25 Å². The van der Waals surface area contributed by atoms with Crippen molar-refractivity contribution in [3.63, 3.8) is 0 Å². The molecule has 1 unspecified atom stereocenters. The first kappa shape index (κ1) is 3.50. The highest BCUT2D eigenvalue weighted by molar-refractivity contribution is 8.06. The first-order valence-electron chi connectivity index (χ1n) is 1.63. The fourth-order valence-electron chi connectivity index (χ4n) is 0.164. The molecule has 1 heterocycles. The van der Waals surface area contributed by atoms with Gasteiger partial charge in [-0.25, -0.2) is 5.11 Å². The highest BCUT2D eigenvalue weighted by atomic mass is 32.2. The minimum atomic E-state index is 0.130. The van der Waals surface area contributed by atoms with E-state index in [9.17, 15) is 5.11 Å². The van der Waals surface area contributed by atoms with E-state index in [1.165, 1.54) is 0 Å². The number of hydrogen-bond acceptors (Lipinski definition) is 1. The number of rotatable bonds is 1. The summed E-state index contributed by atoms with van der Waals surface area (Å²) in [6, 6.07) is 0. The molecule has 1 rings (SSSR count). The molecule has 0 N–H and O–H groups in total. The third-order valence-corrected chi connectivity index (χ3v) is 1.53. The van der Waals surface area contributed by atoms with Gasteiger partial charge in [0.2, 0.25) is 0 Å². The highest BCUT2D eigenvalue weighted by Crippen LogP contribution is 2.28. The Labute approximate surface area is 35.4 Å². The number of thioether (sulfide) groups is 1. The lowest BCUT2D eigenvalue weighted by Gasteiger charge is -1.67. The minimum absolute atomic E-state index is 0.130. The van der Waals surface area contributed by atoms with Crippen molar-refractivity contribution >= 4 is 11.8 Å². The Bertz CT molecular complexity index is 33.9. The van der Waals surface area contributed by atoms with Crippen molar-refractivity contribution in [1.82, 2.24) is 0 Å². The van der Waals surface area contributed by atoms with E-state index < -0.39 is 0 Å². The average molecular weight is 89.1 g/mol. The van der Waals surface area contributed by atoms with Crippen molar-refractivity contribution < 1.29 is 5.11 Å². The first-order valence-corrected chi connectivity index (χ1v) is 2.68. The zero-order valence-electron chi connectivity index (χ0n) is 2.81. The first-order chi connectivity index (χ1) is 2.43. The Balaban J connectivity index is 2.00. The van der Waals surface area contributed by atoms with Crippen LogP contribution in [0.25, 0.3) is 0 Å². The fraction of sp³-hybridized carbons (Fsp3) is 1.00. The summed E-state index contributed by atoms with van der Waals surface area (Å²) in [5.41, 5.74) is 0. The van der Waals surface area contributed by atoms with Crippen LogP contribution in [0, 0.1) is 0 Å². The van der Waals surface area contributed by atoms with Gasteiger partial charge in [0.1, 0.15) is 0 Å². The largest absolute Gasteiger partial charge is 0.235 e. The molecular formula is C3H5OS. The van der Waals surface area contributed by atoms with Gasteiger partial charge < -0.3 is 0 Å². The predicted molar refractivity (Wildman–Crippen MR) is 21.8 cm³/mol. The Morgan fingerprint density at radius 3 is 2.60 bits per heavy atom. The van der Waals surface area contributed by atoms with Gasteiger partial charge in [-0.05, 0) is 0 Å². The quantitative estimate of drug-likeness (QED) is 0.429. The van der Waals surface area contributed by atoms with E-state index in [-0.39, 0.29) is 6.61 Å². The van der Waals surface area contributed by atoms with Crippen molar-refractivity contribution in [3.05, 3.63) is 0 Å². The van der Waals surface area contributed by atoms with Gasteiger partial charge in [-0.3, -0.25) is 0 Å². The summed E-state index contributed by atoms with van der Waals surface area (Å²) < 4.78 is 0. The summed E-state index contributed by atoms with van der Waals surface area (Å²) in [5.74, 6) is 1.11. The molecule has 29 valence electrons. The second kappa shape index (κ2) is 1.19. The second-order valence-electron chi connectivity index (χ2n) is 1.12. The lowest BCUT2D eigenvalue weighted by Crippen LogP contribution is -1.84. The van der Waals surface area contributed by atoms with Crippen molar-refractivity contribution in [1.29, 1.82) is 0 Å². The maximum Gasteiger partial charge on any atom is 0.0948 e. The summed E-state index contributed by atoms with van der Waals surface area (Å²) >= 11 is 1.76. The minimum Gasteiger partial charge on any atom is -0.235 e. The van der Waals surface area contributed by atoms with Gasteiger partial charge in [0, 0.05) is 11.0 Å². The molecule has 0 bridgehead atoms. The maximum atomic E-state index is 9.67. The van der Waals surface area contributed by atoms with Crippen LogP contribution in [0.15, 0.2) is 0 Å². The Morgan fingerprint density at radius 2 is 2.60 bits per heavy atom. The van der Waals surface area contributed by atoms with Crippen LogP contribution in [0.2, 0.25) is 0 Å². The molecule has 0 spiro atoms. The molecule has 0 aliphatic carbocycles. The van der Waals surface area contributed by atoms with Crippen LogP contribution in [0.4, 0.5) is 0 Å². The van der Waals surface area contributed by atoms with Crippen molar-refractivity contribution in [2.24, 2.45) is 0 Å². The SMILES string of the molecule is [O]CC1CS1. The molecule has 1 atom stereocenters. The maximum absolute atomic E-state index is 9.67. The average Bonchev–Trinajstić information content (AvgIpc) is 2.12. The zero-order valence-corrected chi connectivity index (χ0v) is 3.62. The summed E-state index contributed by atoms with van der Waals surface area (Å²) in [5, 5.41) is 10.2. The van der Waals surface area contributed by atoms with E-state index in [4.69, 9.17) is 0 Å². The molecule has 1 aliphatic heterocycles. The molecule has 1 aliphatic rings. The monoisotopic (exact) mass is 89.0 g/mol.